The van der Waals surface area contributed by atoms with Crippen LogP contribution in [0.25, 0.3) is 6.08 Å². The molecule has 2 aromatic heterocycles. The molecule has 0 aromatic carbocycles. The molecule has 1 aliphatic rings. The van der Waals surface area contributed by atoms with Crippen molar-refractivity contribution in [3.63, 3.8) is 0 Å². The van der Waals surface area contributed by atoms with Gasteiger partial charge in [0.2, 0.25) is 5.91 Å². The number of hydrogen-bond donors (Lipinski definition) is 1. The predicted molar refractivity (Wildman–Crippen MR) is 88.0 cm³/mol. The van der Waals surface area contributed by atoms with E-state index in [0.717, 1.165) is 30.4 Å². The van der Waals surface area contributed by atoms with Crippen LogP contribution in [0.1, 0.15) is 28.0 Å². The summed E-state index contributed by atoms with van der Waals surface area (Å²) in [5.74, 6) is -0.260. The van der Waals surface area contributed by atoms with Crippen molar-refractivity contribution in [3.05, 3.63) is 51.1 Å². The van der Waals surface area contributed by atoms with Crippen LogP contribution in [-0.2, 0) is 17.6 Å². The van der Waals surface area contributed by atoms with Crippen molar-refractivity contribution in [2.24, 2.45) is 0 Å². The van der Waals surface area contributed by atoms with Crippen molar-refractivity contribution < 1.29 is 4.79 Å². The Hall–Kier alpha value is -2.16. The summed E-state index contributed by atoms with van der Waals surface area (Å²) in [6, 6.07) is 5.64. The number of halogens is 1. The third-order valence-corrected chi connectivity index (χ3v) is 4.86. The number of aryl methyl sites for hydroxylation is 1. The molecule has 6 heteroatoms. The normalized spacial score (nSPS) is 13.1. The summed E-state index contributed by atoms with van der Waals surface area (Å²) in [5.41, 5.74) is 2.52. The van der Waals surface area contributed by atoms with Crippen LogP contribution in [0.4, 0.5) is 5.00 Å². The van der Waals surface area contributed by atoms with Gasteiger partial charge in [-0.05, 0) is 48.6 Å². The monoisotopic (exact) mass is 329 g/mol. The molecule has 110 valence electrons. The molecule has 0 fully saturated rings. The number of aromatic nitrogens is 1. The van der Waals surface area contributed by atoms with Gasteiger partial charge in [0.15, 0.2) is 0 Å². The number of hydrogen-bond acceptors (Lipinski definition) is 4. The van der Waals surface area contributed by atoms with Crippen LogP contribution < -0.4 is 5.32 Å². The van der Waals surface area contributed by atoms with Gasteiger partial charge in [0.05, 0.1) is 5.56 Å². The first-order valence-electron chi connectivity index (χ1n) is 6.82. The summed E-state index contributed by atoms with van der Waals surface area (Å²) in [5, 5.41) is 13.1. The number of nitrogens with one attached hydrogen (secondary N) is 1. The van der Waals surface area contributed by atoms with Gasteiger partial charge in [-0.15, -0.1) is 11.3 Å². The van der Waals surface area contributed by atoms with Crippen molar-refractivity contribution in [1.29, 1.82) is 5.26 Å². The van der Waals surface area contributed by atoms with Crippen molar-refractivity contribution in [3.8, 4) is 6.07 Å². The Balaban J connectivity index is 1.74. The van der Waals surface area contributed by atoms with E-state index in [1.807, 2.05) is 0 Å². The van der Waals surface area contributed by atoms with Crippen LogP contribution in [0, 0.1) is 11.3 Å². The molecule has 0 aliphatic heterocycles. The van der Waals surface area contributed by atoms with Crippen molar-refractivity contribution in [2.75, 3.05) is 5.32 Å². The van der Waals surface area contributed by atoms with E-state index in [4.69, 9.17) is 11.6 Å². The number of pyridine rings is 1. The van der Waals surface area contributed by atoms with Gasteiger partial charge in [-0.1, -0.05) is 11.6 Å². The SMILES string of the molecule is N#Cc1c(NC(=O)/C=C/c2ccnc(Cl)c2)sc2c1CCC2. The number of anilines is 1. The zero-order valence-electron chi connectivity index (χ0n) is 11.6. The summed E-state index contributed by atoms with van der Waals surface area (Å²) in [7, 11) is 0. The lowest BCUT2D eigenvalue weighted by molar-refractivity contribution is -0.111. The fourth-order valence-electron chi connectivity index (χ4n) is 2.46. The second-order valence-corrected chi connectivity index (χ2v) is 6.40. The summed E-state index contributed by atoms with van der Waals surface area (Å²) in [6.07, 6.45) is 7.68. The summed E-state index contributed by atoms with van der Waals surface area (Å²) < 4.78 is 0. The second-order valence-electron chi connectivity index (χ2n) is 4.91. The Morgan fingerprint density at radius 1 is 1.50 bits per heavy atom. The van der Waals surface area contributed by atoms with E-state index in [1.54, 1.807) is 24.4 Å². The van der Waals surface area contributed by atoms with E-state index >= 15 is 0 Å². The third-order valence-electron chi connectivity index (χ3n) is 3.45. The minimum atomic E-state index is -0.260. The van der Waals surface area contributed by atoms with Gasteiger partial charge < -0.3 is 5.32 Å². The zero-order chi connectivity index (χ0) is 15.5. The number of nitriles is 1. The van der Waals surface area contributed by atoms with E-state index in [1.165, 1.54) is 22.3 Å². The van der Waals surface area contributed by atoms with Crippen molar-refractivity contribution in [1.82, 2.24) is 4.98 Å². The Bertz CT molecular complexity index is 804. The molecule has 2 heterocycles. The first kappa shape index (κ1) is 14.8. The van der Waals surface area contributed by atoms with Gasteiger partial charge in [-0.2, -0.15) is 5.26 Å². The average Bonchev–Trinajstić information content (AvgIpc) is 3.05. The largest absolute Gasteiger partial charge is 0.313 e. The molecule has 1 aliphatic carbocycles. The van der Waals surface area contributed by atoms with Gasteiger partial charge in [0.1, 0.15) is 16.2 Å². The number of fused-ring (bicyclic) bond motifs is 1. The average molecular weight is 330 g/mol. The van der Waals surface area contributed by atoms with Crippen molar-refractivity contribution >= 4 is 39.9 Å². The summed E-state index contributed by atoms with van der Waals surface area (Å²) in [4.78, 5) is 17.1. The van der Waals surface area contributed by atoms with Crippen molar-refractivity contribution in [2.45, 2.75) is 19.3 Å². The Morgan fingerprint density at radius 3 is 3.14 bits per heavy atom. The number of nitrogens with zero attached hydrogens (tertiary/aromatic N) is 2. The van der Waals surface area contributed by atoms with Crippen LogP contribution in [0.3, 0.4) is 0 Å². The summed E-state index contributed by atoms with van der Waals surface area (Å²) in [6.45, 7) is 0. The molecule has 1 amide bonds. The minimum Gasteiger partial charge on any atom is -0.313 e. The van der Waals surface area contributed by atoms with Gasteiger partial charge >= 0.3 is 0 Å². The number of carbonyl (C=O) groups excluding carboxylic acids is 1. The van der Waals surface area contributed by atoms with E-state index in [9.17, 15) is 10.1 Å². The molecular weight excluding hydrogens is 318 g/mol. The maximum atomic E-state index is 12.0. The molecule has 0 radical (unpaired) electrons. The minimum absolute atomic E-state index is 0.260. The van der Waals surface area contributed by atoms with Gasteiger partial charge in [-0.3, -0.25) is 4.79 Å². The molecule has 0 spiro atoms. The lowest BCUT2D eigenvalue weighted by Crippen LogP contribution is -2.07. The molecule has 4 nitrogen and oxygen atoms in total. The smallest absolute Gasteiger partial charge is 0.249 e. The summed E-state index contributed by atoms with van der Waals surface area (Å²) >= 11 is 7.30. The van der Waals surface area contributed by atoms with Crippen LogP contribution in [-0.4, -0.2) is 10.9 Å². The third kappa shape index (κ3) is 3.03. The molecular formula is C16H12ClN3OS. The highest BCUT2D eigenvalue weighted by molar-refractivity contribution is 7.16. The molecule has 0 saturated carbocycles. The molecule has 0 bridgehead atoms. The zero-order valence-corrected chi connectivity index (χ0v) is 13.2. The highest BCUT2D eigenvalue weighted by Crippen LogP contribution is 2.38. The maximum absolute atomic E-state index is 12.0. The number of amides is 1. The fourth-order valence-corrected chi connectivity index (χ4v) is 3.88. The quantitative estimate of drug-likeness (QED) is 0.688. The van der Waals surface area contributed by atoms with Crippen LogP contribution in [0.5, 0.6) is 0 Å². The van der Waals surface area contributed by atoms with Crippen LogP contribution >= 0.6 is 22.9 Å². The fraction of sp³-hybridized carbons (Fsp3) is 0.188. The van der Waals surface area contributed by atoms with Crippen LogP contribution in [0.2, 0.25) is 5.15 Å². The number of rotatable bonds is 3. The lowest BCUT2D eigenvalue weighted by Gasteiger charge is -2.00. The Kier molecular flexibility index (Phi) is 4.23. The molecule has 0 saturated heterocycles. The van der Waals surface area contributed by atoms with Gasteiger partial charge in [-0.25, -0.2) is 4.98 Å². The molecule has 22 heavy (non-hydrogen) atoms. The first-order valence-corrected chi connectivity index (χ1v) is 8.02. The molecule has 2 aromatic rings. The van der Waals surface area contributed by atoms with Crippen LogP contribution in [0.15, 0.2) is 24.4 Å². The highest BCUT2D eigenvalue weighted by atomic mass is 35.5. The first-order chi connectivity index (χ1) is 10.7. The topological polar surface area (TPSA) is 65.8 Å². The molecule has 1 N–H and O–H groups in total. The van der Waals surface area contributed by atoms with Gasteiger partial charge in [0, 0.05) is 17.2 Å². The Labute approximate surface area is 137 Å². The van der Waals surface area contributed by atoms with E-state index in [2.05, 4.69) is 16.4 Å². The van der Waals surface area contributed by atoms with E-state index in [0.29, 0.717) is 15.7 Å². The van der Waals surface area contributed by atoms with Gasteiger partial charge in [0.25, 0.3) is 0 Å². The highest BCUT2D eigenvalue weighted by Gasteiger charge is 2.22. The number of carbonyl (C=O) groups is 1. The van der Waals surface area contributed by atoms with E-state index in [-0.39, 0.29) is 5.91 Å². The molecule has 0 unspecified atom stereocenters. The second kappa shape index (κ2) is 6.30. The molecule has 0 atom stereocenters. The molecule has 3 rings (SSSR count). The number of thiophene rings is 1. The Morgan fingerprint density at radius 2 is 2.36 bits per heavy atom. The predicted octanol–water partition coefficient (Wildman–Crippen LogP) is 3.81. The standard InChI is InChI=1S/C16H12ClN3OS/c17-14-8-10(6-7-19-14)4-5-15(21)20-16-12(9-18)11-2-1-3-13(11)22-16/h4-8H,1-3H2,(H,20,21)/b5-4+. The lowest BCUT2D eigenvalue weighted by atomic mass is 10.1. The maximum Gasteiger partial charge on any atom is 0.249 e. The van der Waals surface area contributed by atoms with E-state index < -0.39 is 0 Å².